The maximum Gasteiger partial charge on any atom is 0.708 e. The molecule has 0 aromatic heterocycles. The van der Waals surface area contributed by atoms with Crippen LogP contribution in [0.2, 0.25) is 0 Å². The van der Waals surface area contributed by atoms with Crippen LogP contribution in [0.3, 0.4) is 0 Å². The van der Waals surface area contributed by atoms with Gasteiger partial charge in [0.05, 0.1) is 26.4 Å². The molecule has 128 valence electrons. The van der Waals surface area contributed by atoms with Crippen LogP contribution in [-0.4, -0.2) is 56.9 Å². The minimum atomic E-state index is -3.56. The maximum atomic E-state index is 5.59. The van der Waals surface area contributed by atoms with Crippen LogP contribution in [0, 0.1) is 0 Å². The number of hydrogen-bond acceptors (Lipinski definition) is 5. The molecule has 0 N–H and O–H groups in total. The van der Waals surface area contributed by atoms with E-state index in [1.165, 1.54) is 0 Å². The van der Waals surface area contributed by atoms with Crippen molar-refractivity contribution in [2.45, 2.75) is 10.2 Å². The number of rotatable bonds is 13. The first kappa shape index (κ1) is 22.8. The van der Waals surface area contributed by atoms with Crippen LogP contribution in [0.5, 0.6) is 0 Å². The quantitative estimate of drug-likeness (QED) is 0.142. The largest absolute Gasteiger partial charge is 0.708 e. The molecule has 0 atom stereocenters. The van der Waals surface area contributed by atoms with Gasteiger partial charge in [-0.1, -0.05) is 34.8 Å². The summed E-state index contributed by atoms with van der Waals surface area (Å²) in [5, 5.41) is 0. The first-order valence-corrected chi connectivity index (χ1v) is 10.2. The Balaban J connectivity index is 4.48. The molecule has 0 bridgehead atoms. The molecule has 21 heavy (non-hydrogen) atoms. The van der Waals surface area contributed by atoms with E-state index in [9.17, 15) is 0 Å². The van der Waals surface area contributed by atoms with Crippen molar-refractivity contribution in [3.8, 4) is 0 Å². The van der Waals surface area contributed by atoms with Gasteiger partial charge < -0.3 is 13.3 Å². The minimum Gasteiger partial charge on any atom is -0.349 e. The lowest BCUT2D eigenvalue weighted by Crippen LogP contribution is -2.50. The Bertz CT molecular complexity index is 235. The van der Waals surface area contributed by atoms with E-state index >= 15 is 0 Å². The highest BCUT2D eigenvalue weighted by Gasteiger charge is 2.48. The maximum absolute atomic E-state index is 5.59. The molecule has 0 aliphatic heterocycles. The van der Waals surface area contributed by atoms with E-state index in [0.29, 0.717) is 0 Å². The molecule has 0 aliphatic carbocycles. The summed E-state index contributed by atoms with van der Waals surface area (Å²) < 4.78 is 19.9. The van der Waals surface area contributed by atoms with Crippen LogP contribution in [0.1, 0.15) is 6.42 Å². The average molecular weight is 445 g/mol. The van der Waals surface area contributed by atoms with E-state index in [0.717, 1.165) is 0 Å². The van der Waals surface area contributed by atoms with Crippen LogP contribution >= 0.6 is 69.6 Å². The Morgan fingerprint density at radius 2 is 1.14 bits per heavy atom. The molecular weight excluding hydrogens is 429 g/mol. The summed E-state index contributed by atoms with van der Waals surface area (Å²) in [6.45, 7) is 0.439. The zero-order valence-electron chi connectivity index (χ0n) is 11.0. The van der Waals surface area contributed by atoms with Crippen LogP contribution in [-0.2, 0) is 22.7 Å². The molecule has 0 rings (SSSR count). The van der Waals surface area contributed by atoms with Gasteiger partial charge in [-0.3, -0.25) is 0 Å². The van der Waals surface area contributed by atoms with Crippen LogP contribution < -0.4 is 0 Å². The van der Waals surface area contributed by atoms with Gasteiger partial charge in [-0.05, 0) is 0 Å². The molecule has 5 nitrogen and oxygen atoms in total. The van der Waals surface area contributed by atoms with Crippen molar-refractivity contribution in [1.29, 1.82) is 0 Å². The smallest absolute Gasteiger partial charge is 0.349 e. The van der Waals surface area contributed by atoms with E-state index in [-0.39, 0.29) is 50.5 Å². The highest BCUT2D eigenvalue weighted by molar-refractivity contribution is 6.67. The topological polar surface area (TPSA) is 46.2 Å². The van der Waals surface area contributed by atoms with Gasteiger partial charge >= 0.3 is 9.05 Å². The summed E-state index contributed by atoms with van der Waals surface area (Å²) in [7, 11) is -3.56. The molecule has 0 unspecified atom stereocenters. The SMILES string of the molecule is ClCCO[Si](OCCCl)(OCCCl)OOCCC(Cl)(Cl)Cl. The van der Waals surface area contributed by atoms with Crippen LogP contribution in [0.15, 0.2) is 0 Å². The summed E-state index contributed by atoms with van der Waals surface area (Å²) in [4.78, 5) is 4.97. The molecule has 0 aliphatic rings. The second-order valence-corrected chi connectivity index (χ2v) is 9.07. The summed E-state index contributed by atoms with van der Waals surface area (Å²) >= 11 is 33.5. The molecule has 0 fully saturated rings. The van der Waals surface area contributed by atoms with Crippen molar-refractivity contribution in [3.63, 3.8) is 0 Å². The molecule has 0 spiro atoms. The number of hydrogen-bond donors (Lipinski definition) is 0. The summed E-state index contributed by atoms with van der Waals surface area (Å²) in [5.41, 5.74) is 0. The summed E-state index contributed by atoms with van der Waals surface area (Å²) in [6.07, 6.45) is 0.114. The molecular formula is C9H16Cl6O5Si. The second-order valence-electron chi connectivity index (χ2n) is 3.38. The van der Waals surface area contributed by atoms with Crippen molar-refractivity contribution in [2.75, 3.05) is 44.1 Å². The molecule has 0 heterocycles. The van der Waals surface area contributed by atoms with Crippen molar-refractivity contribution >= 4 is 78.7 Å². The summed E-state index contributed by atoms with van der Waals surface area (Å²) in [6, 6.07) is 0. The molecule has 12 heteroatoms. The fraction of sp³-hybridized carbons (Fsp3) is 1.00. The first-order valence-electron chi connectivity index (χ1n) is 5.86. The first-order chi connectivity index (χ1) is 9.89. The average Bonchev–Trinajstić information content (AvgIpc) is 2.43. The Morgan fingerprint density at radius 3 is 1.48 bits per heavy atom. The number of alkyl halides is 6. The normalized spacial score (nSPS) is 12.9. The molecule has 0 amide bonds. The second kappa shape index (κ2) is 13.1. The fourth-order valence-electron chi connectivity index (χ4n) is 0.959. The number of halogens is 6. The van der Waals surface area contributed by atoms with Gasteiger partial charge in [0.25, 0.3) is 0 Å². The van der Waals surface area contributed by atoms with Crippen molar-refractivity contribution in [3.05, 3.63) is 0 Å². The highest BCUT2D eigenvalue weighted by Crippen LogP contribution is 2.29. The Kier molecular flexibility index (Phi) is 14.2. The van der Waals surface area contributed by atoms with Gasteiger partial charge in [0.1, 0.15) is 0 Å². The predicted molar refractivity (Wildman–Crippen MR) is 87.7 cm³/mol. The lowest BCUT2D eigenvalue weighted by atomic mass is 10.5. The zero-order valence-corrected chi connectivity index (χ0v) is 16.5. The van der Waals surface area contributed by atoms with Gasteiger partial charge in [-0.15, -0.1) is 34.8 Å². The standard InChI is InChI=1S/C9H16Cl6O5Si/c10-2-6-17-21(18-7-3-11,19-8-4-12)20-16-5-1-9(13,14)15/h1-8H2. The third kappa shape index (κ3) is 12.8. The predicted octanol–water partition coefficient (Wildman–Crippen LogP) is 3.90. The molecule has 0 saturated heterocycles. The lowest BCUT2D eigenvalue weighted by Gasteiger charge is -2.26. The molecule has 0 aromatic rings. The van der Waals surface area contributed by atoms with E-state index in [1.54, 1.807) is 0 Å². The Labute approximate surface area is 155 Å². The van der Waals surface area contributed by atoms with Gasteiger partial charge in [0, 0.05) is 24.1 Å². The van der Waals surface area contributed by atoms with Crippen LogP contribution in [0.4, 0.5) is 0 Å². The van der Waals surface area contributed by atoms with Gasteiger partial charge in [-0.25, -0.2) is 4.89 Å². The monoisotopic (exact) mass is 442 g/mol. The van der Waals surface area contributed by atoms with E-state index < -0.39 is 12.8 Å². The fourth-order valence-corrected chi connectivity index (χ4v) is 3.49. The van der Waals surface area contributed by atoms with E-state index in [1.807, 2.05) is 0 Å². The van der Waals surface area contributed by atoms with Crippen molar-refractivity contribution < 1.29 is 22.7 Å². The summed E-state index contributed by atoms with van der Waals surface area (Å²) in [5.74, 6) is 0.669. The Hall–Kier alpha value is 1.76. The third-order valence-corrected chi connectivity index (χ3v) is 4.72. The third-order valence-electron chi connectivity index (χ3n) is 1.70. The highest BCUT2D eigenvalue weighted by atomic mass is 35.6. The zero-order chi connectivity index (χ0) is 16.2. The van der Waals surface area contributed by atoms with Gasteiger partial charge in [-0.2, -0.15) is 4.58 Å². The molecule has 0 radical (unpaired) electrons. The van der Waals surface area contributed by atoms with Crippen molar-refractivity contribution in [2.24, 2.45) is 0 Å². The molecule has 0 aromatic carbocycles. The Morgan fingerprint density at radius 1 is 0.714 bits per heavy atom. The van der Waals surface area contributed by atoms with E-state index in [4.69, 9.17) is 92.3 Å². The minimum absolute atomic E-state index is 0.00392. The van der Waals surface area contributed by atoms with Gasteiger partial charge in [0.15, 0.2) is 3.79 Å². The van der Waals surface area contributed by atoms with Crippen molar-refractivity contribution in [1.82, 2.24) is 0 Å². The van der Waals surface area contributed by atoms with E-state index in [2.05, 4.69) is 0 Å². The van der Waals surface area contributed by atoms with Gasteiger partial charge in [0.2, 0.25) is 0 Å². The van der Waals surface area contributed by atoms with Crippen LogP contribution in [0.25, 0.3) is 0 Å². The molecule has 0 saturated carbocycles. The lowest BCUT2D eigenvalue weighted by molar-refractivity contribution is -0.274.